The molecule has 3 aromatic carbocycles. The molecule has 4 rings (SSSR count). The molecule has 0 atom stereocenters. The molecule has 1 aromatic heterocycles. The van der Waals surface area contributed by atoms with Crippen molar-refractivity contribution in [3.8, 4) is 5.69 Å². The second-order valence-electron chi connectivity index (χ2n) is 7.28. The van der Waals surface area contributed by atoms with Crippen LogP contribution < -0.4 is 10.6 Å². The van der Waals surface area contributed by atoms with E-state index in [0.717, 1.165) is 22.2 Å². The second-order valence-corrected chi connectivity index (χ2v) is 9.06. The lowest BCUT2D eigenvalue weighted by Gasteiger charge is -2.12. The number of carbonyl (C=O) groups is 1. The van der Waals surface area contributed by atoms with Gasteiger partial charge in [0, 0.05) is 16.5 Å². The van der Waals surface area contributed by atoms with Crippen LogP contribution in [0.3, 0.4) is 0 Å². The van der Waals surface area contributed by atoms with Gasteiger partial charge in [0.25, 0.3) is 0 Å². The first-order valence-electron chi connectivity index (χ1n) is 10.2. The Balaban J connectivity index is 1.51. The fourth-order valence-electron chi connectivity index (χ4n) is 3.10. The average molecular weight is 498 g/mol. The van der Waals surface area contributed by atoms with Gasteiger partial charge in [-0.2, -0.15) is 0 Å². The Morgan fingerprint density at radius 3 is 2.48 bits per heavy atom. The van der Waals surface area contributed by atoms with Crippen LogP contribution in [-0.2, 0) is 12.3 Å². The minimum atomic E-state index is -0.406. The number of anilines is 1. The SMILES string of the molecule is Cc1ccc(-n2c(CNC(=O)Nc3ccc(Cl)cc3Cl)nnc2SCc2ccccc2)cc1. The summed E-state index contributed by atoms with van der Waals surface area (Å²) in [4.78, 5) is 12.5. The Hall–Kier alpha value is -3.00. The van der Waals surface area contributed by atoms with Crippen molar-refractivity contribution < 1.29 is 4.79 Å². The molecule has 0 bridgehead atoms. The molecule has 9 heteroatoms. The predicted molar refractivity (Wildman–Crippen MR) is 134 cm³/mol. The predicted octanol–water partition coefficient (Wildman–Crippen LogP) is 6.50. The van der Waals surface area contributed by atoms with Gasteiger partial charge in [0.2, 0.25) is 0 Å². The Kier molecular flexibility index (Phi) is 7.54. The van der Waals surface area contributed by atoms with Gasteiger partial charge in [0.1, 0.15) is 0 Å². The Bertz CT molecular complexity index is 1250. The lowest BCUT2D eigenvalue weighted by molar-refractivity contribution is 0.251. The molecule has 0 aliphatic heterocycles. The number of halogens is 2. The van der Waals surface area contributed by atoms with Crippen molar-refractivity contribution in [2.75, 3.05) is 5.32 Å². The third-order valence-electron chi connectivity index (χ3n) is 4.79. The highest BCUT2D eigenvalue weighted by Crippen LogP contribution is 2.26. The quantitative estimate of drug-likeness (QED) is 0.286. The summed E-state index contributed by atoms with van der Waals surface area (Å²) in [6.07, 6.45) is 0. The third kappa shape index (κ3) is 6.07. The van der Waals surface area contributed by atoms with Crippen LogP contribution in [-0.4, -0.2) is 20.8 Å². The lowest BCUT2D eigenvalue weighted by atomic mass is 10.2. The smallest absolute Gasteiger partial charge is 0.319 e. The Morgan fingerprint density at radius 2 is 1.76 bits per heavy atom. The van der Waals surface area contributed by atoms with Crippen LogP contribution in [0, 0.1) is 6.92 Å². The van der Waals surface area contributed by atoms with Crippen LogP contribution in [0.4, 0.5) is 10.5 Å². The van der Waals surface area contributed by atoms with Crippen molar-refractivity contribution in [1.82, 2.24) is 20.1 Å². The number of urea groups is 1. The van der Waals surface area contributed by atoms with Gasteiger partial charge in [-0.1, -0.05) is 83.0 Å². The number of nitrogens with one attached hydrogen (secondary N) is 2. The van der Waals surface area contributed by atoms with E-state index >= 15 is 0 Å². The normalized spacial score (nSPS) is 10.8. The monoisotopic (exact) mass is 497 g/mol. The van der Waals surface area contributed by atoms with E-state index in [1.807, 2.05) is 54.0 Å². The summed E-state index contributed by atoms with van der Waals surface area (Å²) in [5, 5.41) is 15.9. The molecular weight excluding hydrogens is 477 g/mol. The van der Waals surface area contributed by atoms with Crippen molar-refractivity contribution >= 4 is 46.7 Å². The maximum atomic E-state index is 12.5. The van der Waals surface area contributed by atoms with Crippen molar-refractivity contribution in [3.05, 3.63) is 99.8 Å². The highest BCUT2D eigenvalue weighted by atomic mass is 35.5. The number of amides is 2. The first-order chi connectivity index (χ1) is 16.0. The van der Waals surface area contributed by atoms with E-state index in [1.165, 1.54) is 5.56 Å². The molecule has 4 aromatic rings. The molecule has 0 fully saturated rings. The second kappa shape index (κ2) is 10.7. The Morgan fingerprint density at radius 1 is 1.00 bits per heavy atom. The molecule has 0 radical (unpaired) electrons. The zero-order chi connectivity index (χ0) is 23.2. The zero-order valence-electron chi connectivity index (χ0n) is 17.8. The van der Waals surface area contributed by atoms with Gasteiger partial charge in [-0.15, -0.1) is 10.2 Å². The number of nitrogens with zero attached hydrogens (tertiary/aromatic N) is 3. The number of hydrogen-bond donors (Lipinski definition) is 2. The molecule has 0 saturated heterocycles. The van der Waals surface area contributed by atoms with Gasteiger partial charge >= 0.3 is 6.03 Å². The standard InChI is InChI=1S/C24H21Cl2N5OS/c1-16-7-10-19(11-8-16)31-22(29-30-24(31)33-15-17-5-3-2-4-6-17)14-27-23(32)28-21-12-9-18(25)13-20(21)26/h2-13H,14-15H2,1H3,(H2,27,28,32). The summed E-state index contributed by atoms with van der Waals surface area (Å²) in [7, 11) is 0. The summed E-state index contributed by atoms with van der Waals surface area (Å²) in [6.45, 7) is 2.22. The van der Waals surface area contributed by atoms with Crippen LogP contribution >= 0.6 is 35.0 Å². The fourth-order valence-corrected chi connectivity index (χ4v) is 4.48. The van der Waals surface area contributed by atoms with Gasteiger partial charge in [-0.05, 0) is 42.8 Å². The van der Waals surface area contributed by atoms with Crippen molar-refractivity contribution in [2.24, 2.45) is 0 Å². The van der Waals surface area contributed by atoms with Gasteiger partial charge in [-0.3, -0.25) is 4.57 Å². The highest BCUT2D eigenvalue weighted by Gasteiger charge is 2.16. The van der Waals surface area contributed by atoms with Crippen molar-refractivity contribution in [3.63, 3.8) is 0 Å². The molecule has 6 nitrogen and oxygen atoms in total. The molecule has 0 saturated carbocycles. The van der Waals surface area contributed by atoms with E-state index in [0.29, 0.717) is 21.6 Å². The first-order valence-corrected chi connectivity index (χ1v) is 11.9. The third-order valence-corrected chi connectivity index (χ3v) is 6.34. The minimum absolute atomic E-state index is 0.184. The molecule has 2 N–H and O–H groups in total. The minimum Gasteiger partial charge on any atom is -0.331 e. The Labute approximate surface area is 206 Å². The van der Waals surface area contributed by atoms with Crippen molar-refractivity contribution in [2.45, 2.75) is 24.4 Å². The summed E-state index contributed by atoms with van der Waals surface area (Å²) in [6, 6.07) is 22.8. The van der Waals surface area contributed by atoms with Crippen LogP contribution in [0.5, 0.6) is 0 Å². The topological polar surface area (TPSA) is 71.8 Å². The number of aryl methyl sites for hydroxylation is 1. The first kappa shape index (κ1) is 23.2. The van der Waals surface area contributed by atoms with E-state index in [9.17, 15) is 4.79 Å². The molecular formula is C24H21Cl2N5OS. The largest absolute Gasteiger partial charge is 0.331 e. The summed E-state index contributed by atoms with van der Waals surface area (Å²) >= 11 is 13.6. The molecule has 1 heterocycles. The van der Waals surface area contributed by atoms with E-state index < -0.39 is 6.03 Å². The number of benzene rings is 3. The maximum absolute atomic E-state index is 12.5. The van der Waals surface area contributed by atoms with Crippen LogP contribution in [0.25, 0.3) is 5.69 Å². The van der Waals surface area contributed by atoms with E-state index in [1.54, 1.807) is 30.0 Å². The van der Waals surface area contributed by atoms with E-state index in [-0.39, 0.29) is 6.54 Å². The van der Waals surface area contributed by atoms with Gasteiger partial charge in [-0.25, -0.2) is 4.79 Å². The van der Waals surface area contributed by atoms with Gasteiger partial charge in [0.15, 0.2) is 11.0 Å². The molecule has 0 aliphatic carbocycles. The van der Waals surface area contributed by atoms with Gasteiger partial charge in [0.05, 0.1) is 17.3 Å². The number of rotatable bonds is 7. The van der Waals surface area contributed by atoms with E-state index in [2.05, 4.69) is 33.0 Å². The summed E-state index contributed by atoms with van der Waals surface area (Å²) < 4.78 is 1.96. The zero-order valence-corrected chi connectivity index (χ0v) is 20.1. The molecule has 168 valence electrons. The number of carbonyl (C=O) groups excluding carboxylic acids is 1. The van der Waals surface area contributed by atoms with Crippen molar-refractivity contribution in [1.29, 1.82) is 0 Å². The van der Waals surface area contributed by atoms with Crippen LogP contribution in [0.1, 0.15) is 17.0 Å². The lowest BCUT2D eigenvalue weighted by Crippen LogP contribution is -2.29. The number of aromatic nitrogens is 3. The van der Waals surface area contributed by atoms with Gasteiger partial charge < -0.3 is 10.6 Å². The molecule has 0 spiro atoms. The molecule has 0 aliphatic rings. The van der Waals surface area contributed by atoms with Crippen LogP contribution in [0.2, 0.25) is 10.0 Å². The molecule has 0 unspecified atom stereocenters. The fraction of sp³-hybridized carbons (Fsp3) is 0.125. The maximum Gasteiger partial charge on any atom is 0.319 e. The molecule has 2 amide bonds. The summed E-state index contributed by atoms with van der Waals surface area (Å²) in [5.41, 5.74) is 3.75. The molecule has 33 heavy (non-hydrogen) atoms. The van der Waals surface area contributed by atoms with E-state index in [4.69, 9.17) is 23.2 Å². The number of hydrogen-bond acceptors (Lipinski definition) is 4. The average Bonchev–Trinajstić information content (AvgIpc) is 3.22. The number of thioether (sulfide) groups is 1. The summed E-state index contributed by atoms with van der Waals surface area (Å²) in [5.74, 6) is 1.38. The van der Waals surface area contributed by atoms with Crippen LogP contribution in [0.15, 0.2) is 78.0 Å². The highest BCUT2D eigenvalue weighted by molar-refractivity contribution is 7.98.